The highest BCUT2D eigenvalue weighted by Gasteiger charge is 2.25. The number of hydrogen-bond acceptors (Lipinski definition) is 16. The van der Waals surface area contributed by atoms with E-state index in [1.165, 1.54) is 51.6 Å². The quantitative estimate of drug-likeness (QED) is 0.0315. The van der Waals surface area contributed by atoms with E-state index < -0.39 is 46.4 Å². The second-order valence-corrected chi connectivity index (χ2v) is 31.7. The number of para-hydroxylation sites is 6. The summed E-state index contributed by atoms with van der Waals surface area (Å²) >= 11 is 0. The van der Waals surface area contributed by atoms with Gasteiger partial charge in [0, 0.05) is 156 Å². The van der Waals surface area contributed by atoms with Crippen molar-refractivity contribution in [1.29, 1.82) is 0 Å². The maximum absolute atomic E-state index is 12.5. The van der Waals surface area contributed by atoms with Gasteiger partial charge in [-0.15, -0.1) is 0 Å². The maximum Gasteiger partial charge on any atom is 0.234 e. The van der Waals surface area contributed by atoms with Gasteiger partial charge in [-0.25, -0.2) is 0 Å². The first-order valence-electron chi connectivity index (χ1n) is 41.1. The van der Waals surface area contributed by atoms with Gasteiger partial charge in [0.15, 0.2) is 28.8 Å². The van der Waals surface area contributed by atoms with E-state index in [1.54, 1.807) is 53.0 Å². The molecule has 0 aliphatic carbocycles. The van der Waals surface area contributed by atoms with Crippen LogP contribution in [0, 0.1) is 0 Å². The van der Waals surface area contributed by atoms with E-state index in [-0.39, 0.29) is 58.7 Å². The van der Waals surface area contributed by atoms with Crippen LogP contribution in [0.3, 0.4) is 0 Å². The summed E-state index contributed by atoms with van der Waals surface area (Å²) in [7, 11) is 1.73. The van der Waals surface area contributed by atoms with Crippen LogP contribution in [0.4, 0.5) is 0 Å². The van der Waals surface area contributed by atoms with E-state index >= 15 is 0 Å². The smallest absolute Gasteiger partial charge is 0.234 e. The van der Waals surface area contributed by atoms with Crippen LogP contribution in [-0.4, -0.2) is 80.0 Å². The summed E-state index contributed by atoms with van der Waals surface area (Å²) < 4.78 is 14.1. The van der Waals surface area contributed by atoms with Crippen LogP contribution in [0.15, 0.2) is 292 Å². The first-order valence-corrected chi connectivity index (χ1v) is 41.1. The number of allylic oxidation sites excluding steroid dienone is 10. The summed E-state index contributed by atoms with van der Waals surface area (Å²) in [4.78, 5) is 76.9. The number of pyridine rings is 2. The zero-order valence-electron chi connectivity index (χ0n) is 72.1. The summed E-state index contributed by atoms with van der Waals surface area (Å²) in [6.45, 7) is 19.2. The van der Waals surface area contributed by atoms with Gasteiger partial charge in [0.1, 0.15) is 36.7 Å². The number of hydrogen-bond donors (Lipinski definition) is 14. The fourth-order valence-electron chi connectivity index (χ4n) is 15.1. The molecule has 646 valence electrons. The first-order chi connectivity index (χ1) is 60.5. The van der Waals surface area contributed by atoms with Crippen molar-refractivity contribution >= 4 is 54.5 Å². The Morgan fingerprint density at radius 2 is 0.730 bits per heavy atom. The van der Waals surface area contributed by atoms with Gasteiger partial charge in [0.05, 0.1) is 30.2 Å². The van der Waals surface area contributed by atoms with Crippen LogP contribution in [0.1, 0.15) is 120 Å². The minimum absolute atomic E-state index is 0.0668. The molecule has 0 bridgehead atoms. The zero-order valence-corrected chi connectivity index (χ0v) is 72.1. The number of aliphatic hydroxyl groups excluding tert-OH is 4. The molecule has 0 atom stereocenters. The molecule has 16 aromatic rings. The van der Waals surface area contributed by atoms with E-state index in [4.69, 9.17) is 8.83 Å². The van der Waals surface area contributed by atoms with E-state index in [1.807, 2.05) is 143 Å². The molecule has 16 rings (SSSR count). The third-order valence-corrected chi connectivity index (χ3v) is 21.5. The molecule has 0 aliphatic rings. The van der Waals surface area contributed by atoms with Gasteiger partial charge in [0.2, 0.25) is 32.9 Å². The number of nitrogens with zero attached hydrogens (tertiary/aromatic N) is 2. The number of aromatic amines is 5. The predicted octanol–water partition coefficient (Wildman–Crippen LogP) is 19.3. The summed E-state index contributed by atoms with van der Waals surface area (Å²) in [5, 5.41) is 93.8. The Morgan fingerprint density at radius 3 is 1.17 bits per heavy atom. The third-order valence-electron chi connectivity index (χ3n) is 21.5. The second kappa shape index (κ2) is 40.5. The highest BCUT2D eigenvalue weighted by Crippen LogP contribution is 2.41. The molecule has 0 fully saturated rings. The average molecular weight is 1690 g/mol. The fourth-order valence-corrected chi connectivity index (χ4v) is 15.1. The summed E-state index contributed by atoms with van der Waals surface area (Å²) in [5.74, 6) is -1.49. The molecule has 126 heavy (non-hydrogen) atoms. The molecule has 7 aromatic carbocycles. The number of aromatic hydroxyl groups is 5. The summed E-state index contributed by atoms with van der Waals surface area (Å²) in [5.41, 5.74) is 20.8. The van der Waals surface area contributed by atoms with Crippen LogP contribution in [0.2, 0.25) is 0 Å². The van der Waals surface area contributed by atoms with Crippen LogP contribution >= 0.6 is 0 Å². The number of nitrogens with one attached hydrogen (secondary N) is 5. The molecule has 0 aliphatic heterocycles. The van der Waals surface area contributed by atoms with Crippen molar-refractivity contribution in [2.24, 2.45) is 7.05 Å². The van der Waals surface area contributed by atoms with Crippen LogP contribution in [-0.2, 0) is 65.6 Å². The molecular formula is C103H103N7O16. The standard InChI is InChI=1S/C25H24N2O3.C20H22N2O3.C20H19NO2.2C19H19NO4/c1-16(2)11-12-17-7-6-10-20-21(14-26-23(17)20)24-25(30)22(29)13-19(15-28)27(24)18-8-4-3-5-9-18;1-12(2)7-8-13-5-4-6-15-16(10-21-18(13)15)19-20(25)17(24)9-14(11-23)22(19)3;1-13(2)10-11-14-6-5-8-15-17(12-21-19(14)15)16-7-3-4-9-18(22)20(16)23;1-11(2)6-7-12-4-3-5-14-15(9-20-17(12)14)19-18(23)16(22)8-13(10-21)24-19;1-11(2)6-7-12-4-3-5-13-14(8-20-18(12)13)17-16(9-21)24-10-15(22)19(17)23/h3-11,13-14,26,28,30H,12,15H2,1-2H3;4-7,9-10,21,23,25H,8,11H2,1-3H3;3-10,12,21H,11H2,1-2H3,(H,22,23);3-6,8-9,20-21,23H,7,10H2,1-2H3;3-6,8,10,20-22H,7,9H2,1-2H3. The lowest BCUT2D eigenvalue weighted by Gasteiger charge is -2.19. The summed E-state index contributed by atoms with van der Waals surface area (Å²) in [6.07, 6.45) is 24.6. The number of fused-ring (bicyclic) bond motifs is 5. The molecule has 0 unspecified atom stereocenters. The molecule has 0 saturated carbocycles. The lowest BCUT2D eigenvalue weighted by atomic mass is 10.0. The van der Waals surface area contributed by atoms with Crippen LogP contribution in [0.5, 0.6) is 28.7 Å². The fraction of sp³-hybridized carbons (Fsp3) is 0.194. The molecule has 9 aromatic heterocycles. The largest absolute Gasteiger partial charge is 0.504 e. The molecule has 23 heteroatoms. The van der Waals surface area contributed by atoms with Gasteiger partial charge >= 0.3 is 0 Å². The zero-order chi connectivity index (χ0) is 90.3. The molecule has 0 saturated heterocycles. The Bertz CT molecular complexity index is 7190. The number of aliphatic hydroxyl groups is 4. The topological polar surface area (TPSA) is 383 Å². The predicted molar refractivity (Wildman–Crippen MR) is 501 cm³/mol. The van der Waals surface area contributed by atoms with Crippen molar-refractivity contribution in [3.63, 3.8) is 0 Å². The van der Waals surface area contributed by atoms with Crippen molar-refractivity contribution < 1.29 is 54.8 Å². The highest BCUT2D eigenvalue weighted by atomic mass is 16.4. The van der Waals surface area contributed by atoms with Gasteiger partial charge in [0.25, 0.3) is 0 Å². The monoisotopic (exact) mass is 1690 g/mol. The van der Waals surface area contributed by atoms with Crippen LogP contribution in [0.25, 0.3) is 116 Å². The van der Waals surface area contributed by atoms with Crippen molar-refractivity contribution in [2.75, 3.05) is 0 Å². The van der Waals surface area contributed by atoms with Crippen molar-refractivity contribution in [2.45, 2.75) is 128 Å². The molecular weight excluding hydrogens is 1590 g/mol. The number of benzene rings is 6. The number of H-pyrrole nitrogens is 5. The summed E-state index contributed by atoms with van der Waals surface area (Å²) in [6, 6.07) is 49.4. The Balaban J connectivity index is 0.000000144. The molecule has 9 heterocycles. The van der Waals surface area contributed by atoms with Gasteiger partial charge < -0.3 is 88.8 Å². The van der Waals surface area contributed by atoms with Gasteiger partial charge in [-0.2, -0.15) is 0 Å². The lowest BCUT2D eigenvalue weighted by Crippen LogP contribution is -2.14. The molecule has 23 nitrogen and oxygen atoms in total. The number of rotatable bonds is 20. The Morgan fingerprint density at radius 1 is 0.357 bits per heavy atom. The Kier molecular flexibility index (Phi) is 29.1. The third kappa shape index (κ3) is 20.0. The molecule has 0 radical (unpaired) electrons. The van der Waals surface area contributed by atoms with E-state index in [2.05, 4.69) is 115 Å². The maximum atomic E-state index is 12.5. The minimum Gasteiger partial charge on any atom is -0.504 e. The normalized spacial score (nSPS) is 10.9. The highest BCUT2D eigenvalue weighted by molar-refractivity contribution is 6.02. The minimum atomic E-state index is -0.574. The lowest BCUT2D eigenvalue weighted by molar-refractivity contribution is 0.242. The first kappa shape index (κ1) is 90.5. The second-order valence-electron chi connectivity index (χ2n) is 31.7. The molecule has 0 amide bonds. The van der Waals surface area contributed by atoms with E-state index in [0.717, 1.165) is 138 Å². The molecule has 14 N–H and O–H groups in total. The Labute approximate surface area is 725 Å². The van der Waals surface area contributed by atoms with Crippen LogP contribution < -0.4 is 27.1 Å². The van der Waals surface area contributed by atoms with Crippen molar-refractivity contribution in [1.82, 2.24) is 34.1 Å². The van der Waals surface area contributed by atoms with Gasteiger partial charge in [-0.05, 0) is 147 Å². The van der Waals surface area contributed by atoms with E-state index in [9.17, 15) is 69.9 Å². The van der Waals surface area contributed by atoms with Crippen molar-refractivity contribution in [3.8, 4) is 90.5 Å². The average Bonchev–Trinajstić information content (AvgIpc) is 1.53. The van der Waals surface area contributed by atoms with Crippen molar-refractivity contribution in [3.05, 3.63) is 361 Å². The van der Waals surface area contributed by atoms with E-state index in [0.29, 0.717) is 45.0 Å². The Hall–Kier alpha value is -14.8. The van der Waals surface area contributed by atoms with Gasteiger partial charge in [-0.1, -0.05) is 186 Å². The van der Waals surface area contributed by atoms with Gasteiger partial charge in [-0.3, -0.25) is 24.0 Å². The molecule has 0 spiro atoms. The number of aromatic nitrogens is 7. The SMILES string of the molecule is CC(C)=CCc1cccc2c(-c3c(CO)occ(O)c3=O)c[nH]c12.CC(C)=CCc1cccc2c(-c3c(O)c(=O)cc(CO)n3-c3ccccc3)c[nH]c12.CC(C)=CCc1cccc2c(-c3c(O)c(=O)cc(CO)n3C)c[nH]c12.CC(C)=CCc1cccc2c(-c3ccccc(=O)c3O)c[nH]c12.CC(C)=CCc1cccc2c(-c3oc(CO)cc(=O)c3O)c[nH]c12.